The third kappa shape index (κ3) is 2.57. The summed E-state index contributed by atoms with van der Waals surface area (Å²) in [5, 5.41) is 10.6. The van der Waals surface area contributed by atoms with Crippen molar-refractivity contribution in [1.82, 2.24) is 4.90 Å². The molecule has 0 spiro atoms. The molecule has 1 saturated heterocycles. The quantitative estimate of drug-likeness (QED) is 0.920. The third-order valence-electron chi connectivity index (χ3n) is 4.26. The first-order valence-electron chi connectivity index (χ1n) is 7.20. The Kier molecular flexibility index (Phi) is 3.83. The van der Waals surface area contributed by atoms with E-state index in [1.807, 2.05) is 0 Å². The maximum atomic E-state index is 12.6. The number of likely N-dealkylation sites (tertiary alicyclic amines) is 1. The number of fused-ring (bicyclic) bond motifs is 1. The molecule has 0 radical (unpaired) electrons. The van der Waals surface area contributed by atoms with Gasteiger partial charge in [0.05, 0.1) is 5.92 Å². The van der Waals surface area contributed by atoms with Crippen molar-refractivity contribution in [2.24, 2.45) is 5.92 Å². The number of hydrogen-bond acceptors (Lipinski definition) is 3. The molecule has 2 heterocycles. The second-order valence-corrected chi connectivity index (χ2v) is 6.06. The molecule has 0 bridgehead atoms. The van der Waals surface area contributed by atoms with Crippen molar-refractivity contribution < 1.29 is 19.1 Å². The SMILES string of the molecule is C[C@@H]1[C@H](C(=O)O)CCCN1C(=O)c1cc2cc(Cl)ccc2o1. The second kappa shape index (κ2) is 5.65. The molecule has 1 N–H and O–H groups in total. The summed E-state index contributed by atoms with van der Waals surface area (Å²) in [5.74, 6) is -1.45. The van der Waals surface area contributed by atoms with E-state index in [4.69, 9.17) is 16.0 Å². The fourth-order valence-corrected chi connectivity index (χ4v) is 3.20. The molecule has 1 amide bonds. The Labute approximate surface area is 132 Å². The summed E-state index contributed by atoms with van der Waals surface area (Å²) >= 11 is 5.93. The largest absolute Gasteiger partial charge is 0.481 e. The number of halogens is 1. The average Bonchev–Trinajstić information content (AvgIpc) is 2.89. The Morgan fingerprint density at radius 2 is 2.14 bits per heavy atom. The van der Waals surface area contributed by atoms with Gasteiger partial charge < -0.3 is 14.4 Å². The topological polar surface area (TPSA) is 70.8 Å². The van der Waals surface area contributed by atoms with Crippen molar-refractivity contribution >= 4 is 34.4 Å². The van der Waals surface area contributed by atoms with E-state index < -0.39 is 11.9 Å². The van der Waals surface area contributed by atoms with Crippen LogP contribution in [0.4, 0.5) is 0 Å². The lowest BCUT2D eigenvalue weighted by atomic mass is 9.90. The molecule has 0 unspecified atom stereocenters. The average molecular weight is 322 g/mol. The zero-order chi connectivity index (χ0) is 15.9. The van der Waals surface area contributed by atoms with Crippen molar-refractivity contribution in [2.45, 2.75) is 25.8 Å². The number of carboxylic acid groups (broad SMARTS) is 1. The van der Waals surface area contributed by atoms with Crippen LogP contribution in [0.3, 0.4) is 0 Å². The highest BCUT2D eigenvalue weighted by molar-refractivity contribution is 6.31. The van der Waals surface area contributed by atoms with Gasteiger partial charge in [-0.15, -0.1) is 0 Å². The summed E-state index contributed by atoms with van der Waals surface area (Å²) in [4.78, 5) is 25.5. The number of nitrogens with zero attached hydrogens (tertiary/aromatic N) is 1. The lowest BCUT2D eigenvalue weighted by molar-refractivity contribution is -0.145. The van der Waals surface area contributed by atoms with Gasteiger partial charge in [0, 0.05) is 23.0 Å². The molecule has 116 valence electrons. The summed E-state index contributed by atoms with van der Waals surface area (Å²) < 4.78 is 5.58. The van der Waals surface area contributed by atoms with E-state index >= 15 is 0 Å². The first-order chi connectivity index (χ1) is 10.5. The Bertz CT molecular complexity index is 739. The van der Waals surface area contributed by atoms with Crippen molar-refractivity contribution in [3.63, 3.8) is 0 Å². The summed E-state index contributed by atoms with van der Waals surface area (Å²) in [7, 11) is 0. The van der Waals surface area contributed by atoms with Crippen molar-refractivity contribution in [3.8, 4) is 0 Å². The van der Waals surface area contributed by atoms with Crippen molar-refractivity contribution in [1.29, 1.82) is 0 Å². The molecule has 0 aliphatic carbocycles. The van der Waals surface area contributed by atoms with Crippen LogP contribution in [0.1, 0.15) is 30.3 Å². The zero-order valence-corrected chi connectivity index (χ0v) is 12.8. The molecule has 22 heavy (non-hydrogen) atoms. The number of rotatable bonds is 2. The van der Waals surface area contributed by atoms with Crippen LogP contribution >= 0.6 is 11.6 Å². The highest BCUT2D eigenvalue weighted by Crippen LogP contribution is 2.28. The van der Waals surface area contributed by atoms with Gasteiger partial charge in [-0.2, -0.15) is 0 Å². The van der Waals surface area contributed by atoms with E-state index in [0.29, 0.717) is 30.0 Å². The fraction of sp³-hybridized carbons (Fsp3) is 0.375. The summed E-state index contributed by atoms with van der Waals surface area (Å²) in [6.07, 6.45) is 1.27. The molecule has 3 rings (SSSR count). The molecule has 2 atom stereocenters. The predicted octanol–water partition coefficient (Wildman–Crippen LogP) is 3.41. The molecule has 0 saturated carbocycles. The molecular formula is C16H16ClNO4. The number of hydrogen-bond donors (Lipinski definition) is 1. The molecule has 1 fully saturated rings. The van der Waals surface area contributed by atoms with Gasteiger partial charge in [0.25, 0.3) is 5.91 Å². The van der Waals surface area contributed by atoms with Gasteiger partial charge in [0.1, 0.15) is 5.58 Å². The summed E-state index contributed by atoms with van der Waals surface area (Å²) in [5.41, 5.74) is 0.590. The van der Waals surface area contributed by atoms with Crippen LogP contribution in [0.15, 0.2) is 28.7 Å². The number of amides is 1. The minimum atomic E-state index is -0.860. The lowest BCUT2D eigenvalue weighted by Crippen LogP contribution is -2.49. The van der Waals surface area contributed by atoms with E-state index in [-0.39, 0.29) is 17.7 Å². The first-order valence-corrected chi connectivity index (χ1v) is 7.58. The predicted molar refractivity (Wildman–Crippen MR) is 82.1 cm³/mol. The van der Waals surface area contributed by atoms with E-state index in [1.54, 1.807) is 36.1 Å². The van der Waals surface area contributed by atoms with Gasteiger partial charge in [-0.3, -0.25) is 9.59 Å². The first kappa shape index (κ1) is 14.9. The van der Waals surface area contributed by atoms with Gasteiger partial charge in [0.2, 0.25) is 0 Å². The zero-order valence-electron chi connectivity index (χ0n) is 12.1. The van der Waals surface area contributed by atoms with Crippen LogP contribution in [0.2, 0.25) is 5.02 Å². The van der Waals surface area contributed by atoms with Crippen LogP contribution in [0, 0.1) is 5.92 Å². The minimum Gasteiger partial charge on any atom is -0.481 e. The lowest BCUT2D eigenvalue weighted by Gasteiger charge is -2.36. The number of piperidine rings is 1. The standard InChI is InChI=1S/C16H16ClNO4/c1-9-12(16(20)21)3-2-6-18(9)15(19)14-8-10-7-11(17)4-5-13(10)22-14/h4-5,7-9,12H,2-3,6H2,1H3,(H,20,21)/t9-,12-/m1/s1. The second-order valence-electron chi connectivity index (χ2n) is 5.62. The maximum absolute atomic E-state index is 12.6. The third-order valence-corrected chi connectivity index (χ3v) is 4.49. The van der Waals surface area contributed by atoms with Gasteiger partial charge in [0.15, 0.2) is 5.76 Å². The van der Waals surface area contributed by atoms with E-state index in [9.17, 15) is 14.7 Å². The van der Waals surface area contributed by atoms with Crippen molar-refractivity contribution in [2.75, 3.05) is 6.54 Å². The summed E-state index contributed by atoms with van der Waals surface area (Å²) in [6, 6.07) is 6.45. The molecule has 5 nitrogen and oxygen atoms in total. The van der Waals surface area contributed by atoms with Gasteiger partial charge in [-0.1, -0.05) is 11.6 Å². The van der Waals surface area contributed by atoms with Gasteiger partial charge >= 0.3 is 5.97 Å². The summed E-state index contributed by atoms with van der Waals surface area (Å²) in [6.45, 7) is 2.32. The minimum absolute atomic E-state index is 0.218. The molecule has 1 aromatic heterocycles. The van der Waals surface area contributed by atoms with Crippen LogP contribution in [-0.4, -0.2) is 34.5 Å². The molecule has 6 heteroatoms. The monoisotopic (exact) mass is 321 g/mol. The normalized spacial score (nSPS) is 22.0. The fourth-order valence-electron chi connectivity index (χ4n) is 3.02. The molecule has 1 aliphatic rings. The van der Waals surface area contributed by atoms with Crippen LogP contribution in [-0.2, 0) is 4.79 Å². The number of carboxylic acids is 1. The Morgan fingerprint density at radius 1 is 1.36 bits per heavy atom. The Balaban J connectivity index is 1.89. The highest BCUT2D eigenvalue weighted by atomic mass is 35.5. The molecule has 1 aromatic carbocycles. The number of carbonyl (C=O) groups excluding carboxylic acids is 1. The van der Waals surface area contributed by atoms with E-state index in [1.165, 1.54) is 0 Å². The molecular weight excluding hydrogens is 306 g/mol. The molecule has 1 aliphatic heterocycles. The van der Waals surface area contributed by atoms with Crippen LogP contribution in [0.25, 0.3) is 11.0 Å². The van der Waals surface area contributed by atoms with Gasteiger partial charge in [-0.25, -0.2) is 0 Å². The van der Waals surface area contributed by atoms with Gasteiger partial charge in [-0.05, 0) is 44.0 Å². The van der Waals surface area contributed by atoms with Crippen LogP contribution in [0.5, 0.6) is 0 Å². The van der Waals surface area contributed by atoms with E-state index in [2.05, 4.69) is 0 Å². The smallest absolute Gasteiger partial charge is 0.308 e. The number of benzene rings is 1. The molecule has 2 aromatic rings. The maximum Gasteiger partial charge on any atom is 0.308 e. The number of carbonyl (C=O) groups is 2. The van der Waals surface area contributed by atoms with E-state index in [0.717, 1.165) is 5.39 Å². The Morgan fingerprint density at radius 3 is 2.86 bits per heavy atom. The Hall–Kier alpha value is -2.01. The van der Waals surface area contributed by atoms with Crippen molar-refractivity contribution in [3.05, 3.63) is 35.0 Å². The number of furan rings is 1. The van der Waals surface area contributed by atoms with Crippen LogP contribution < -0.4 is 0 Å². The number of aliphatic carboxylic acids is 1. The highest BCUT2D eigenvalue weighted by Gasteiger charge is 2.36.